The SMILES string of the molecule is C[C@](C#N)(NC(=O)CNC12CC3CC(CC(C3)C1)C2)C1CC1. The highest BCUT2D eigenvalue weighted by Gasteiger charge is 2.51. The van der Waals surface area contributed by atoms with Gasteiger partial charge in [-0.2, -0.15) is 5.26 Å². The van der Waals surface area contributed by atoms with Gasteiger partial charge in [0.25, 0.3) is 0 Å². The van der Waals surface area contributed by atoms with Gasteiger partial charge in [0.1, 0.15) is 5.54 Å². The highest BCUT2D eigenvalue weighted by molar-refractivity contribution is 5.79. The van der Waals surface area contributed by atoms with Crippen LogP contribution in [0.5, 0.6) is 0 Å². The van der Waals surface area contributed by atoms with E-state index in [1.165, 1.54) is 38.5 Å². The smallest absolute Gasteiger partial charge is 0.235 e. The minimum Gasteiger partial charge on any atom is -0.337 e. The van der Waals surface area contributed by atoms with E-state index in [2.05, 4.69) is 16.7 Å². The Hall–Kier alpha value is -1.08. The molecule has 0 aromatic rings. The molecule has 5 aliphatic carbocycles. The molecule has 5 rings (SSSR count). The molecule has 2 N–H and O–H groups in total. The maximum atomic E-state index is 12.3. The van der Waals surface area contributed by atoms with Crippen LogP contribution in [0.2, 0.25) is 0 Å². The highest BCUT2D eigenvalue weighted by Crippen LogP contribution is 2.55. The van der Waals surface area contributed by atoms with Gasteiger partial charge in [-0.15, -0.1) is 0 Å². The van der Waals surface area contributed by atoms with Crippen LogP contribution in [-0.2, 0) is 4.79 Å². The lowest BCUT2D eigenvalue weighted by Crippen LogP contribution is -2.60. The van der Waals surface area contributed by atoms with Crippen molar-refractivity contribution in [2.45, 2.75) is 69.4 Å². The fourth-order valence-electron chi connectivity index (χ4n) is 5.81. The Labute approximate surface area is 133 Å². The van der Waals surface area contributed by atoms with Crippen LogP contribution in [0.4, 0.5) is 0 Å². The number of carbonyl (C=O) groups is 1. The lowest BCUT2D eigenvalue weighted by Gasteiger charge is -2.57. The molecule has 0 radical (unpaired) electrons. The molecule has 0 heterocycles. The van der Waals surface area contributed by atoms with Gasteiger partial charge >= 0.3 is 0 Å². The lowest BCUT2D eigenvalue weighted by atomic mass is 9.53. The Bertz CT molecular complexity index is 484. The van der Waals surface area contributed by atoms with E-state index in [-0.39, 0.29) is 11.4 Å². The van der Waals surface area contributed by atoms with E-state index >= 15 is 0 Å². The second kappa shape index (κ2) is 4.96. The molecule has 5 aliphatic rings. The molecule has 0 unspecified atom stereocenters. The van der Waals surface area contributed by atoms with E-state index in [0.29, 0.717) is 12.5 Å². The monoisotopic (exact) mass is 301 g/mol. The van der Waals surface area contributed by atoms with Crippen LogP contribution in [0.15, 0.2) is 0 Å². The first-order chi connectivity index (χ1) is 10.5. The van der Waals surface area contributed by atoms with Crippen molar-refractivity contribution in [3.63, 3.8) is 0 Å². The average molecular weight is 301 g/mol. The molecule has 0 aromatic heterocycles. The largest absolute Gasteiger partial charge is 0.337 e. The minimum absolute atomic E-state index is 0.00769. The van der Waals surface area contributed by atoms with Gasteiger partial charge in [-0.25, -0.2) is 0 Å². The lowest BCUT2D eigenvalue weighted by molar-refractivity contribution is -0.122. The van der Waals surface area contributed by atoms with Crippen molar-refractivity contribution >= 4 is 5.91 Å². The van der Waals surface area contributed by atoms with Gasteiger partial charge in [-0.1, -0.05) is 0 Å². The van der Waals surface area contributed by atoms with E-state index in [9.17, 15) is 10.1 Å². The number of nitrogens with one attached hydrogen (secondary N) is 2. The first kappa shape index (κ1) is 14.5. The summed E-state index contributed by atoms with van der Waals surface area (Å²) in [4.78, 5) is 12.3. The summed E-state index contributed by atoms with van der Waals surface area (Å²) in [5.74, 6) is 3.00. The van der Waals surface area contributed by atoms with Crippen LogP contribution < -0.4 is 10.6 Å². The minimum atomic E-state index is -0.666. The Balaban J connectivity index is 1.35. The predicted molar refractivity (Wildman–Crippen MR) is 83.8 cm³/mol. The molecule has 4 nitrogen and oxygen atoms in total. The molecule has 22 heavy (non-hydrogen) atoms. The van der Waals surface area contributed by atoms with Crippen LogP contribution in [-0.4, -0.2) is 23.5 Å². The van der Waals surface area contributed by atoms with Gasteiger partial charge in [-0.05, 0) is 82.0 Å². The zero-order valence-electron chi connectivity index (χ0n) is 13.5. The predicted octanol–water partition coefficient (Wildman–Crippen LogP) is 2.35. The number of rotatable bonds is 5. The first-order valence-electron chi connectivity index (χ1n) is 8.97. The summed E-state index contributed by atoms with van der Waals surface area (Å²) >= 11 is 0. The molecule has 120 valence electrons. The molecular formula is C18H27N3O. The van der Waals surface area contributed by atoms with Crippen molar-refractivity contribution in [1.29, 1.82) is 5.26 Å². The number of hydrogen-bond donors (Lipinski definition) is 2. The Morgan fingerprint density at radius 3 is 2.18 bits per heavy atom. The van der Waals surface area contributed by atoms with Crippen molar-refractivity contribution < 1.29 is 4.79 Å². The van der Waals surface area contributed by atoms with Crippen LogP contribution in [0.1, 0.15) is 58.3 Å². The summed E-state index contributed by atoms with van der Waals surface area (Å²) in [7, 11) is 0. The average Bonchev–Trinajstić information content (AvgIpc) is 3.29. The van der Waals surface area contributed by atoms with Crippen LogP contribution >= 0.6 is 0 Å². The van der Waals surface area contributed by atoms with Crippen LogP contribution in [0.25, 0.3) is 0 Å². The molecule has 0 spiro atoms. The number of nitriles is 1. The zero-order valence-corrected chi connectivity index (χ0v) is 13.5. The summed E-state index contributed by atoms with van der Waals surface area (Å²) in [5, 5.41) is 15.9. The third-order valence-corrected chi connectivity index (χ3v) is 6.69. The van der Waals surface area contributed by atoms with E-state index in [0.717, 1.165) is 30.6 Å². The molecule has 4 bridgehead atoms. The van der Waals surface area contributed by atoms with Crippen molar-refractivity contribution in [3.05, 3.63) is 0 Å². The van der Waals surface area contributed by atoms with E-state index < -0.39 is 5.54 Å². The van der Waals surface area contributed by atoms with Crippen LogP contribution in [0.3, 0.4) is 0 Å². The number of amides is 1. The first-order valence-corrected chi connectivity index (χ1v) is 8.97. The summed E-state index contributed by atoms with van der Waals surface area (Å²) in [5.41, 5.74) is -0.449. The molecule has 0 aromatic carbocycles. The molecule has 4 heteroatoms. The Morgan fingerprint density at radius 1 is 1.18 bits per heavy atom. The molecule has 5 fully saturated rings. The summed E-state index contributed by atoms with van der Waals surface area (Å²) in [6.45, 7) is 2.24. The molecule has 0 saturated heterocycles. The Kier molecular flexibility index (Phi) is 3.27. The zero-order chi connectivity index (χ0) is 15.4. The summed E-state index contributed by atoms with van der Waals surface area (Å²) < 4.78 is 0. The second-order valence-corrected chi connectivity index (χ2v) is 8.69. The standard InChI is InChI=1S/C18H27N3O/c1-17(11-19,15-2-3-15)21-16(22)10-20-18-7-12-4-13(8-18)6-14(5-12)9-18/h12-15,20H,2-10H2,1H3,(H,21,22)/t12?,13?,14?,17-,18?/m1/s1. The van der Waals surface area contributed by atoms with Crippen LogP contribution in [0, 0.1) is 35.0 Å². The number of nitrogens with zero attached hydrogens (tertiary/aromatic N) is 1. The molecular weight excluding hydrogens is 274 g/mol. The molecule has 1 amide bonds. The maximum absolute atomic E-state index is 12.3. The van der Waals surface area contributed by atoms with Crippen molar-refractivity contribution in [2.75, 3.05) is 6.54 Å². The normalized spacial score (nSPS) is 41.7. The van der Waals surface area contributed by atoms with Gasteiger partial charge in [-0.3, -0.25) is 4.79 Å². The van der Waals surface area contributed by atoms with E-state index in [4.69, 9.17) is 0 Å². The third-order valence-electron chi connectivity index (χ3n) is 6.69. The second-order valence-electron chi connectivity index (χ2n) is 8.69. The highest BCUT2D eigenvalue weighted by atomic mass is 16.2. The maximum Gasteiger partial charge on any atom is 0.235 e. The van der Waals surface area contributed by atoms with Crippen molar-refractivity contribution in [3.8, 4) is 6.07 Å². The number of carbonyl (C=O) groups excluding carboxylic acids is 1. The van der Waals surface area contributed by atoms with Gasteiger partial charge in [0.15, 0.2) is 0 Å². The molecule has 1 atom stereocenters. The Morgan fingerprint density at radius 2 is 1.73 bits per heavy atom. The van der Waals surface area contributed by atoms with Gasteiger partial charge in [0.2, 0.25) is 5.91 Å². The van der Waals surface area contributed by atoms with E-state index in [1.54, 1.807) is 0 Å². The third kappa shape index (κ3) is 2.54. The fourth-order valence-corrected chi connectivity index (χ4v) is 5.81. The quantitative estimate of drug-likeness (QED) is 0.819. The fraction of sp³-hybridized carbons (Fsp3) is 0.889. The van der Waals surface area contributed by atoms with Gasteiger partial charge in [0.05, 0.1) is 12.6 Å². The van der Waals surface area contributed by atoms with Crippen molar-refractivity contribution in [2.24, 2.45) is 23.7 Å². The van der Waals surface area contributed by atoms with Gasteiger partial charge in [0, 0.05) is 5.54 Å². The topological polar surface area (TPSA) is 64.9 Å². The number of hydrogen-bond acceptors (Lipinski definition) is 3. The molecule has 0 aliphatic heterocycles. The van der Waals surface area contributed by atoms with E-state index in [1.807, 2.05) is 6.92 Å². The summed E-state index contributed by atoms with van der Waals surface area (Å²) in [6, 6.07) is 2.31. The van der Waals surface area contributed by atoms with Gasteiger partial charge < -0.3 is 10.6 Å². The molecule has 5 saturated carbocycles. The van der Waals surface area contributed by atoms with Crippen molar-refractivity contribution in [1.82, 2.24) is 10.6 Å². The summed E-state index contributed by atoms with van der Waals surface area (Å²) in [6.07, 6.45) is 10.1.